The summed E-state index contributed by atoms with van der Waals surface area (Å²) in [5, 5.41) is 4.31. The summed E-state index contributed by atoms with van der Waals surface area (Å²) in [6, 6.07) is 0. The molecule has 5 heteroatoms. The van der Waals surface area contributed by atoms with Crippen LogP contribution in [0.3, 0.4) is 0 Å². The Morgan fingerprint density at radius 1 is 0.684 bits per heavy atom. The van der Waals surface area contributed by atoms with Gasteiger partial charge in [0.1, 0.15) is 0 Å². The molecule has 0 aliphatic carbocycles. The fourth-order valence-corrected chi connectivity index (χ4v) is 1.31. The molecule has 0 saturated heterocycles. The molecular weight excluding hydrogens is 246 g/mol. The van der Waals surface area contributed by atoms with E-state index in [9.17, 15) is 0 Å². The van der Waals surface area contributed by atoms with Gasteiger partial charge in [-0.3, -0.25) is 0 Å². The molecule has 0 N–H and O–H groups in total. The Hall–Kier alpha value is -0.200. The summed E-state index contributed by atoms with van der Waals surface area (Å²) >= 11 is 0. The van der Waals surface area contributed by atoms with Gasteiger partial charge in [0.05, 0.1) is 13.2 Å². The highest BCUT2D eigenvalue weighted by Crippen LogP contribution is 2.03. The highest BCUT2D eigenvalue weighted by atomic mass is 16.7. The molecule has 0 aromatic carbocycles. The fraction of sp³-hybridized carbons (Fsp3) is 1.00. The Kier molecular flexibility index (Phi) is 14.1. The lowest BCUT2D eigenvalue weighted by Gasteiger charge is -2.23. The third kappa shape index (κ3) is 11.3. The normalized spacial score (nSPS) is 14.5. The predicted molar refractivity (Wildman–Crippen MR) is 74.7 cm³/mol. The Labute approximate surface area is 117 Å². The molecule has 2 unspecified atom stereocenters. The highest BCUT2D eigenvalue weighted by Gasteiger charge is 2.18. The Balaban J connectivity index is 4.05. The third-order valence-electron chi connectivity index (χ3n) is 2.38. The van der Waals surface area contributed by atoms with E-state index in [-0.39, 0.29) is 0 Å². The molecule has 0 spiro atoms. The van der Waals surface area contributed by atoms with Gasteiger partial charge >= 0.3 is 0 Å². The van der Waals surface area contributed by atoms with E-state index in [0.717, 1.165) is 25.7 Å². The van der Waals surface area contributed by atoms with Crippen molar-refractivity contribution in [1.82, 2.24) is 5.32 Å². The SMILES string of the molecule is CCCCOC([N]C(OCC)OCCCC)OCC. The Bertz CT molecular complexity index is 163. The van der Waals surface area contributed by atoms with Gasteiger partial charge in [0.15, 0.2) is 0 Å². The van der Waals surface area contributed by atoms with E-state index >= 15 is 0 Å². The van der Waals surface area contributed by atoms with Crippen molar-refractivity contribution in [2.75, 3.05) is 26.4 Å². The first kappa shape index (κ1) is 18.8. The zero-order chi connectivity index (χ0) is 14.3. The van der Waals surface area contributed by atoms with Crippen molar-refractivity contribution in [1.29, 1.82) is 0 Å². The average Bonchev–Trinajstić information content (AvgIpc) is 2.39. The lowest BCUT2D eigenvalue weighted by atomic mass is 10.4. The summed E-state index contributed by atoms with van der Waals surface area (Å²) in [5.41, 5.74) is 0. The fourth-order valence-electron chi connectivity index (χ4n) is 1.31. The molecule has 0 aromatic rings. The van der Waals surface area contributed by atoms with E-state index in [1.54, 1.807) is 0 Å². The minimum Gasteiger partial charge on any atom is -0.339 e. The molecule has 1 radical (unpaired) electrons. The summed E-state index contributed by atoms with van der Waals surface area (Å²) in [6.45, 7) is 10.4. The highest BCUT2D eigenvalue weighted by molar-refractivity contribution is 4.46. The summed E-state index contributed by atoms with van der Waals surface area (Å²) in [6.07, 6.45) is 2.95. The number of hydrogen-bond acceptors (Lipinski definition) is 4. The average molecular weight is 276 g/mol. The number of nitrogens with zero attached hydrogens (tertiary/aromatic N) is 1. The van der Waals surface area contributed by atoms with Crippen LogP contribution in [0.4, 0.5) is 0 Å². The van der Waals surface area contributed by atoms with Crippen LogP contribution in [0.5, 0.6) is 0 Å². The van der Waals surface area contributed by atoms with E-state index in [2.05, 4.69) is 19.2 Å². The maximum atomic E-state index is 5.56. The second kappa shape index (κ2) is 14.2. The minimum atomic E-state index is -0.602. The second-order valence-electron chi connectivity index (χ2n) is 4.12. The van der Waals surface area contributed by atoms with Crippen LogP contribution < -0.4 is 5.32 Å². The molecule has 5 nitrogen and oxygen atoms in total. The van der Waals surface area contributed by atoms with Crippen molar-refractivity contribution in [3.05, 3.63) is 0 Å². The molecule has 19 heavy (non-hydrogen) atoms. The maximum absolute atomic E-state index is 5.56. The molecule has 0 aliphatic heterocycles. The van der Waals surface area contributed by atoms with Crippen LogP contribution in [-0.4, -0.2) is 39.3 Å². The van der Waals surface area contributed by atoms with E-state index in [1.807, 2.05) is 13.8 Å². The molecule has 0 bridgehead atoms. The van der Waals surface area contributed by atoms with E-state index < -0.39 is 12.8 Å². The van der Waals surface area contributed by atoms with Gasteiger partial charge in [-0.2, -0.15) is 0 Å². The van der Waals surface area contributed by atoms with Crippen LogP contribution in [0, 0.1) is 0 Å². The van der Waals surface area contributed by atoms with Gasteiger partial charge in [-0.05, 0) is 26.7 Å². The number of hydrogen-bond donors (Lipinski definition) is 0. The first-order valence-electron chi connectivity index (χ1n) is 7.44. The molecule has 0 heterocycles. The van der Waals surface area contributed by atoms with E-state index in [0.29, 0.717) is 26.4 Å². The van der Waals surface area contributed by atoms with Gasteiger partial charge in [-0.1, -0.05) is 26.7 Å². The molecule has 0 aromatic heterocycles. The third-order valence-corrected chi connectivity index (χ3v) is 2.38. The molecule has 0 aliphatic rings. The largest absolute Gasteiger partial charge is 0.339 e. The predicted octanol–water partition coefficient (Wildman–Crippen LogP) is 2.86. The minimum absolute atomic E-state index is 0.550. The topological polar surface area (TPSA) is 51.0 Å². The second-order valence-corrected chi connectivity index (χ2v) is 4.12. The van der Waals surface area contributed by atoms with Crippen LogP contribution in [0.15, 0.2) is 0 Å². The van der Waals surface area contributed by atoms with Crippen molar-refractivity contribution in [2.24, 2.45) is 0 Å². The van der Waals surface area contributed by atoms with Gasteiger partial charge in [0.2, 0.25) is 12.8 Å². The standard InChI is InChI=1S/C14H30NO4/c1-5-9-11-18-13(16-7-3)15-14(17-8-4)19-12-10-6-2/h13-14H,5-12H2,1-4H3. The van der Waals surface area contributed by atoms with E-state index in [4.69, 9.17) is 18.9 Å². The number of rotatable bonds is 14. The van der Waals surface area contributed by atoms with Crippen molar-refractivity contribution in [2.45, 2.75) is 66.2 Å². The summed E-state index contributed by atoms with van der Waals surface area (Å²) in [4.78, 5) is 0. The van der Waals surface area contributed by atoms with Gasteiger partial charge in [-0.25, -0.2) is 0 Å². The van der Waals surface area contributed by atoms with Gasteiger partial charge in [0, 0.05) is 13.2 Å². The van der Waals surface area contributed by atoms with Crippen molar-refractivity contribution in [3.63, 3.8) is 0 Å². The molecule has 0 fully saturated rings. The van der Waals surface area contributed by atoms with Crippen molar-refractivity contribution < 1.29 is 18.9 Å². The first-order valence-corrected chi connectivity index (χ1v) is 7.44. The Morgan fingerprint density at radius 2 is 1.11 bits per heavy atom. The van der Waals surface area contributed by atoms with Crippen molar-refractivity contribution >= 4 is 0 Å². The lowest BCUT2D eigenvalue weighted by Crippen LogP contribution is -2.39. The van der Waals surface area contributed by atoms with Crippen LogP contribution in [0.2, 0.25) is 0 Å². The van der Waals surface area contributed by atoms with E-state index in [1.165, 1.54) is 0 Å². The maximum Gasteiger partial charge on any atom is 0.236 e. The van der Waals surface area contributed by atoms with Crippen LogP contribution >= 0.6 is 0 Å². The van der Waals surface area contributed by atoms with Gasteiger partial charge in [0.25, 0.3) is 0 Å². The number of unbranched alkanes of at least 4 members (excludes halogenated alkanes) is 2. The quantitative estimate of drug-likeness (QED) is 0.361. The number of ether oxygens (including phenoxy) is 4. The first-order chi connectivity index (χ1) is 9.28. The zero-order valence-corrected chi connectivity index (χ0v) is 12.9. The lowest BCUT2D eigenvalue weighted by molar-refractivity contribution is -0.239. The van der Waals surface area contributed by atoms with Crippen LogP contribution in [0.25, 0.3) is 0 Å². The summed E-state index contributed by atoms with van der Waals surface area (Å²) in [7, 11) is 0. The molecular formula is C14H30NO4. The summed E-state index contributed by atoms with van der Waals surface area (Å²) in [5.74, 6) is 0. The summed E-state index contributed by atoms with van der Waals surface area (Å²) < 4.78 is 22.0. The Morgan fingerprint density at radius 3 is 1.42 bits per heavy atom. The van der Waals surface area contributed by atoms with Gasteiger partial charge < -0.3 is 18.9 Å². The molecule has 0 rings (SSSR count). The van der Waals surface area contributed by atoms with Crippen molar-refractivity contribution in [3.8, 4) is 0 Å². The molecule has 0 saturated carbocycles. The molecule has 0 amide bonds. The van der Waals surface area contributed by atoms with Gasteiger partial charge in [-0.15, -0.1) is 5.32 Å². The molecule has 115 valence electrons. The monoisotopic (exact) mass is 276 g/mol. The smallest absolute Gasteiger partial charge is 0.236 e. The van der Waals surface area contributed by atoms with Crippen LogP contribution in [-0.2, 0) is 18.9 Å². The molecule has 2 atom stereocenters. The zero-order valence-electron chi connectivity index (χ0n) is 12.9. The van der Waals surface area contributed by atoms with Crippen LogP contribution in [0.1, 0.15) is 53.4 Å².